The zero-order valence-electron chi connectivity index (χ0n) is 6.77. The van der Waals surface area contributed by atoms with Gasteiger partial charge in [-0.15, -0.1) is 0 Å². The van der Waals surface area contributed by atoms with Crippen LogP contribution in [0.1, 0.15) is 10.4 Å². The van der Waals surface area contributed by atoms with Gasteiger partial charge in [-0.3, -0.25) is 0 Å². The molecule has 0 saturated heterocycles. The van der Waals surface area contributed by atoms with E-state index in [-0.39, 0.29) is 5.56 Å². The molecule has 2 N–H and O–H groups in total. The third-order valence-corrected chi connectivity index (χ3v) is 3.40. The highest BCUT2D eigenvalue weighted by atomic mass is 79.9. The van der Waals surface area contributed by atoms with E-state index in [9.17, 15) is 4.79 Å². The molecule has 0 aliphatic carbocycles. The van der Waals surface area contributed by atoms with E-state index in [0.717, 1.165) is 8.95 Å². The predicted octanol–water partition coefficient (Wildman–Crippen LogP) is 2.95. The fourth-order valence-electron chi connectivity index (χ4n) is 0.931. The number of rotatable bonds is 2. The van der Waals surface area contributed by atoms with Crippen molar-refractivity contribution in [2.45, 2.75) is 0 Å². The smallest absolute Gasteiger partial charge is 0.337 e. The summed E-state index contributed by atoms with van der Waals surface area (Å²) in [5, 5.41) is 11.6. The lowest BCUT2D eigenvalue weighted by molar-refractivity contribution is 0.0698. The van der Waals surface area contributed by atoms with Gasteiger partial charge in [-0.05, 0) is 44.0 Å². The lowest BCUT2D eigenvalue weighted by Gasteiger charge is -2.06. The van der Waals surface area contributed by atoms with Crippen molar-refractivity contribution in [3.8, 4) is 0 Å². The molecule has 0 spiro atoms. The summed E-state index contributed by atoms with van der Waals surface area (Å²) in [5.74, 6) is -0.947. The second-order valence-electron chi connectivity index (χ2n) is 2.37. The van der Waals surface area contributed by atoms with E-state index < -0.39 is 5.97 Å². The molecule has 1 aromatic rings. The molecule has 0 aliphatic heterocycles. The molecular weight excluding hydrogens is 302 g/mol. The Kier molecular flexibility index (Phi) is 3.33. The summed E-state index contributed by atoms with van der Waals surface area (Å²) in [6, 6.07) is 3.27. The van der Waals surface area contributed by atoms with E-state index in [2.05, 4.69) is 37.2 Å². The average Bonchev–Trinajstić information content (AvgIpc) is 2.08. The van der Waals surface area contributed by atoms with Crippen LogP contribution >= 0.6 is 31.9 Å². The van der Waals surface area contributed by atoms with Crippen molar-refractivity contribution in [1.29, 1.82) is 0 Å². The molecule has 5 heteroatoms. The van der Waals surface area contributed by atoms with Gasteiger partial charge >= 0.3 is 5.97 Å². The van der Waals surface area contributed by atoms with Crippen LogP contribution in [-0.2, 0) is 0 Å². The standard InChI is InChI=1S/C8H7Br2NO2/c1-11-7-3-6(10)5(9)2-4(7)8(12)13/h2-3,11H,1H3,(H,12,13). The van der Waals surface area contributed by atoms with Gasteiger partial charge < -0.3 is 10.4 Å². The van der Waals surface area contributed by atoms with Crippen molar-refractivity contribution in [3.63, 3.8) is 0 Å². The second-order valence-corrected chi connectivity index (χ2v) is 4.08. The Morgan fingerprint density at radius 2 is 1.92 bits per heavy atom. The molecule has 0 heterocycles. The zero-order valence-corrected chi connectivity index (χ0v) is 9.94. The van der Waals surface area contributed by atoms with E-state index in [1.165, 1.54) is 0 Å². The molecule has 70 valence electrons. The average molecular weight is 309 g/mol. The van der Waals surface area contributed by atoms with Crippen molar-refractivity contribution < 1.29 is 9.90 Å². The Hall–Kier alpha value is -0.550. The normalized spacial score (nSPS) is 9.77. The molecule has 0 aromatic heterocycles. The first kappa shape index (κ1) is 10.5. The highest BCUT2D eigenvalue weighted by Crippen LogP contribution is 2.29. The zero-order chi connectivity index (χ0) is 10.0. The SMILES string of the molecule is CNc1cc(Br)c(Br)cc1C(=O)O. The minimum atomic E-state index is -0.947. The first-order chi connectivity index (χ1) is 6.06. The maximum Gasteiger partial charge on any atom is 0.337 e. The molecule has 0 radical (unpaired) electrons. The maximum absolute atomic E-state index is 10.8. The van der Waals surface area contributed by atoms with Crippen LogP contribution in [0.2, 0.25) is 0 Å². The molecule has 0 bridgehead atoms. The lowest BCUT2D eigenvalue weighted by atomic mass is 10.2. The quantitative estimate of drug-likeness (QED) is 0.883. The Morgan fingerprint density at radius 1 is 1.38 bits per heavy atom. The first-order valence-electron chi connectivity index (χ1n) is 3.46. The number of aromatic carboxylic acids is 1. The van der Waals surface area contributed by atoms with Gasteiger partial charge in [0.1, 0.15) is 0 Å². The van der Waals surface area contributed by atoms with E-state index >= 15 is 0 Å². The Morgan fingerprint density at radius 3 is 2.38 bits per heavy atom. The Labute approximate surface area is 92.4 Å². The van der Waals surface area contributed by atoms with Gasteiger partial charge in [-0.2, -0.15) is 0 Å². The molecule has 3 nitrogen and oxygen atoms in total. The van der Waals surface area contributed by atoms with E-state index in [1.54, 1.807) is 19.2 Å². The van der Waals surface area contributed by atoms with Gasteiger partial charge in [0.2, 0.25) is 0 Å². The van der Waals surface area contributed by atoms with Gasteiger partial charge in [0.25, 0.3) is 0 Å². The van der Waals surface area contributed by atoms with E-state index in [4.69, 9.17) is 5.11 Å². The van der Waals surface area contributed by atoms with E-state index in [0.29, 0.717) is 5.69 Å². The number of carbonyl (C=O) groups is 1. The van der Waals surface area contributed by atoms with Gasteiger partial charge in [0.05, 0.1) is 5.56 Å². The number of hydrogen-bond acceptors (Lipinski definition) is 2. The monoisotopic (exact) mass is 307 g/mol. The van der Waals surface area contributed by atoms with Crippen LogP contribution in [0.3, 0.4) is 0 Å². The van der Waals surface area contributed by atoms with Gasteiger partial charge in [-0.25, -0.2) is 4.79 Å². The first-order valence-corrected chi connectivity index (χ1v) is 5.05. The molecule has 0 atom stereocenters. The molecule has 1 rings (SSSR count). The van der Waals surface area contributed by atoms with Gasteiger partial charge in [0.15, 0.2) is 0 Å². The fourth-order valence-corrected chi connectivity index (χ4v) is 1.62. The number of carboxylic acids is 1. The molecule has 13 heavy (non-hydrogen) atoms. The van der Waals surface area contributed by atoms with Crippen molar-refractivity contribution in [2.24, 2.45) is 0 Å². The Balaban J connectivity index is 3.33. The number of hydrogen-bond donors (Lipinski definition) is 2. The van der Waals surface area contributed by atoms with Crippen LogP contribution < -0.4 is 5.32 Å². The van der Waals surface area contributed by atoms with Crippen molar-refractivity contribution in [2.75, 3.05) is 12.4 Å². The topological polar surface area (TPSA) is 49.3 Å². The summed E-state index contributed by atoms with van der Waals surface area (Å²) in [6.45, 7) is 0. The Bertz CT molecular complexity index is 352. The third kappa shape index (κ3) is 2.22. The molecule has 0 unspecified atom stereocenters. The van der Waals surface area contributed by atoms with Crippen LogP contribution in [0.4, 0.5) is 5.69 Å². The van der Waals surface area contributed by atoms with E-state index in [1.807, 2.05) is 0 Å². The number of anilines is 1. The number of halogens is 2. The van der Waals surface area contributed by atoms with Crippen molar-refractivity contribution >= 4 is 43.5 Å². The second kappa shape index (κ2) is 4.11. The van der Waals surface area contributed by atoms with Crippen LogP contribution in [-0.4, -0.2) is 18.1 Å². The van der Waals surface area contributed by atoms with Crippen molar-refractivity contribution in [3.05, 3.63) is 26.6 Å². The van der Waals surface area contributed by atoms with Gasteiger partial charge in [-0.1, -0.05) is 0 Å². The largest absolute Gasteiger partial charge is 0.478 e. The minimum Gasteiger partial charge on any atom is -0.478 e. The minimum absolute atomic E-state index is 0.248. The molecule has 1 aromatic carbocycles. The molecule has 0 saturated carbocycles. The third-order valence-electron chi connectivity index (χ3n) is 1.56. The summed E-state index contributed by atoms with van der Waals surface area (Å²) in [5.41, 5.74) is 0.833. The van der Waals surface area contributed by atoms with Crippen LogP contribution in [0.5, 0.6) is 0 Å². The molecule has 0 aliphatic rings. The van der Waals surface area contributed by atoms with Crippen molar-refractivity contribution in [1.82, 2.24) is 0 Å². The number of benzene rings is 1. The van der Waals surface area contributed by atoms with Crippen LogP contribution in [0.15, 0.2) is 21.1 Å². The molecule has 0 amide bonds. The predicted molar refractivity (Wildman–Crippen MR) is 58.3 cm³/mol. The number of carboxylic acid groups (broad SMARTS) is 1. The summed E-state index contributed by atoms with van der Waals surface area (Å²) in [7, 11) is 1.68. The molecular formula is C8H7Br2NO2. The van der Waals surface area contributed by atoms with Crippen LogP contribution in [0.25, 0.3) is 0 Å². The number of nitrogens with one attached hydrogen (secondary N) is 1. The van der Waals surface area contributed by atoms with Crippen LogP contribution in [0, 0.1) is 0 Å². The summed E-state index contributed by atoms with van der Waals surface area (Å²) < 4.78 is 1.55. The fraction of sp³-hybridized carbons (Fsp3) is 0.125. The van der Waals surface area contributed by atoms with Gasteiger partial charge in [0, 0.05) is 21.7 Å². The summed E-state index contributed by atoms with van der Waals surface area (Å²) in [6.07, 6.45) is 0. The lowest BCUT2D eigenvalue weighted by Crippen LogP contribution is -2.02. The molecule has 0 fully saturated rings. The summed E-state index contributed by atoms with van der Waals surface area (Å²) >= 11 is 6.53. The highest BCUT2D eigenvalue weighted by Gasteiger charge is 2.11. The maximum atomic E-state index is 10.8. The highest BCUT2D eigenvalue weighted by molar-refractivity contribution is 9.13. The summed E-state index contributed by atoms with van der Waals surface area (Å²) in [4.78, 5) is 10.8.